The molecule has 14 heavy (non-hydrogen) atoms. The number of anilines is 1. The van der Waals surface area contributed by atoms with Crippen molar-refractivity contribution in [2.24, 2.45) is 0 Å². The Balaban J connectivity index is 1.91. The number of rotatable bonds is 4. The summed E-state index contributed by atoms with van der Waals surface area (Å²) in [5.74, 6) is 0. The van der Waals surface area contributed by atoms with Crippen molar-refractivity contribution in [2.75, 3.05) is 25.6 Å². The second-order valence-electron chi connectivity index (χ2n) is 3.51. The van der Waals surface area contributed by atoms with Crippen LogP contribution in [0.1, 0.15) is 5.56 Å². The van der Waals surface area contributed by atoms with Crippen LogP contribution in [0.4, 0.5) is 5.69 Å². The Kier molecular flexibility index (Phi) is 3.01. The van der Waals surface area contributed by atoms with Crippen molar-refractivity contribution in [1.82, 2.24) is 0 Å². The molecule has 1 N–H and O–H groups in total. The third-order valence-corrected chi connectivity index (χ3v) is 2.27. The van der Waals surface area contributed by atoms with Crippen LogP contribution in [0.5, 0.6) is 0 Å². The maximum Gasteiger partial charge on any atom is 0.0728 e. The first-order valence-electron chi connectivity index (χ1n) is 4.80. The highest BCUT2D eigenvalue weighted by Gasteiger charge is 2.17. The molecule has 1 aliphatic heterocycles. The van der Waals surface area contributed by atoms with Crippen LogP contribution in [0.25, 0.3) is 0 Å². The minimum atomic E-state index is 0.489. The standard InChI is InChI=1S/C11H15NO2/c1-13-6-9-2-4-10(5-3-9)12-11-7-14-8-11/h2-5,11-12H,6-8H2,1H3. The van der Waals surface area contributed by atoms with Gasteiger partial charge in [-0.2, -0.15) is 0 Å². The highest BCUT2D eigenvalue weighted by molar-refractivity contribution is 5.45. The largest absolute Gasteiger partial charge is 0.380 e. The Morgan fingerprint density at radius 2 is 2.07 bits per heavy atom. The van der Waals surface area contributed by atoms with Crippen LogP contribution < -0.4 is 5.32 Å². The lowest BCUT2D eigenvalue weighted by Crippen LogP contribution is -2.40. The first kappa shape index (κ1) is 9.49. The predicted octanol–water partition coefficient (Wildman–Crippen LogP) is 1.64. The summed E-state index contributed by atoms with van der Waals surface area (Å²) in [7, 11) is 1.71. The zero-order chi connectivity index (χ0) is 9.80. The lowest BCUT2D eigenvalue weighted by atomic mass is 10.2. The topological polar surface area (TPSA) is 30.5 Å². The van der Waals surface area contributed by atoms with E-state index in [2.05, 4.69) is 29.6 Å². The van der Waals surface area contributed by atoms with E-state index < -0.39 is 0 Å². The van der Waals surface area contributed by atoms with E-state index in [-0.39, 0.29) is 0 Å². The summed E-state index contributed by atoms with van der Waals surface area (Å²) in [6, 6.07) is 8.79. The van der Waals surface area contributed by atoms with Gasteiger partial charge >= 0.3 is 0 Å². The van der Waals surface area contributed by atoms with Gasteiger partial charge in [-0.25, -0.2) is 0 Å². The first-order valence-corrected chi connectivity index (χ1v) is 4.80. The lowest BCUT2D eigenvalue weighted by molar-refractivity contribution is 0.0211. The molecule has 0 saturated carbocycles. The number of ether oxygens (including phenoxy) is 2. The fourth-order valence-corrected chi connectivity index (χ4v) is 1.42. The fourth-order valence-electron chi connectivity index (χ4n) is 1.42. The van der Waals surface area contributed by atoms with Crippen LogP contribution in [-0.4, -0.2) is 26.4 Å². The average molecular weight is 193 g/mol. The van der Waals surface area contributed by atoms with Gasteiger partial charge in [-0.1, -0.05) is 12.1 Å². The van der Waals surface area contributed by atoms with Crippen molar-refractivity contribution in [2.45, 2.75) is 12.6 Å². The molecule has 1 saturated heterocycles. The Labute approximate surface area is 84.0 Å². The highest BCUT2D eigenvalue weighted by atomic mass is 16.5. The molecule has 2 rings (SSSR count). The van der Waals surface area contributed by atoms with Gasteiger partial charge in [0.05, 0.1) is 25.9 Å². The molecule has 0 radical (unpaired) electrons. The van der Waals surface area contributed by atoms with Crippen LogP contribution in [0.3, 0.4) is 0 Å². The lowest BCUT2D eigenvalue weighted by Gasteiger charge is -2.27. The number of hydrogen-bond acceptors (Lipinski definition) is 3. The molecule has 76 valence electrons. The molecule has 0 aromatic heterocycles. The zero-order valence-electron chi connectivity index (χ0n) is 8.32. The quantitative estimate of drug-likeness (QED) is 0.788. The Morgan fingerprint density at radius 3 is 2.57 bits per heavy atom. The molecule has 3 nitrogen and oxygen atoms in total. The molecule has 3 heteroatoms. The van der Waals surface area contributed by atoms with Crippen LogP contribution in [0.15, 0.2) is 24.3 Å². The summed E-state index contributed by atoms with van der Waals surface area (Å²) in [5.41, 5.74) is 2.35. The van der Waals surface area contributed by atoms with Crippen molar-refractivity contribution < 1.29 is 9.47 Å². The van der Waals surface area contributed by atoms with Gasteiger partial charge < -0.3 is 14.8 Å². The van der Waals surface area contributed by atoms with Crippen molar-refractivity contribution in [3.63, 3.8) is 0 Å². The highest BCUT2D eigenvalue weighted by Crippen LogP contribution is 2.14. The summed E-state index contributed by atoms with van der Waals surface area (Å²) in [5, 5.41) is 3.38. The summed E-state index contributed by atoms with van der Waals surface area (Å²) in [6.45, 7) is 2.31. The third-order valence-electron chi connectivity index (χ3n) is 2.27. The van der Waals surface area contributed by atoms with Gasteiger partial charge in [0.15, 0.2) is 0 Å². The number of benzene rings is 1. The maximum atomic E-state index is 5.09. The van der Waals surface area contributed by atoms with Gasteiger partial charge in [0.25, 0.3) is 0 Å². The number of methoxy groups -OCH3 is 1. The van der Waals surface area contributed by atoms with Gasteiger partial charge in [-0.3, -0.25) is 0 Å². The van der Waals surface area contributed by atoms with Crippen LogP contribution in [0.2, 0.25) is 0 Å². The molecule has 1 aliphatic rings. The van der Waals surface area contributed by atoms with Gasteiger partial charge in [0.1, 0.15) is 0 Å². The van der Waals surface area contributed by atoms with E-state index in [4.69, 9.17) is 9.47 Å². The molecule has 0 spiro atoms. The normalized spacial score (nSPS) is 16.4. The summed E-state index contributed by atoms with van der Waals surface area (Å²) < 4.78 is 10.1. The van der Waals surface area contributed by atoms with Crippen molar-refractivity contribution in [1.29, 1.82) is 0 Å². The molecule has 1 aromatic carbocycles. The van der Waals surface area contributed by atoms with E-state index in [1.54, 1.807) is 7.11 Å². The minimum absolute atomic E-state index is 0.489. The monoisotopic (exact) mass is 193 g/mol. The second-order valence-corrected chi connectivity index (χ2v) is 3.51. The zero-order valence-corrected chi connectivity index (χ0v) is 8.32. The van der Waals surface area contributed by atoms with Crippen molar-refractivity contribution in [3.05, 3.63) is 29.8 Å². The van der Waals surface area contributed by atoms with Crippen LogP contribution in [0, 0.1) is 0 Å². The van der Waals surface area contributed by atoms with Gasteiger partial charge in [-0.15, -0.1) is 0 Å². The van der Waals surface area contributed by atoms with E-state index in [1.165, 1.54) is 5.56 Å². The van der Waals surface area contributed by atoms with Crippen LogP contribution >= 0.6 is 0 Å². The Bertz CT molecular complexity index is 280. The van der Waals surface area contributed by atoms with E-state index in [9.17, 15) is 0 Å². The van der Waals surface area contributed by atoms with Crippen LogP contribution in [-0.2, 0) is 16.1 Å². The Morgan fingerprint density at radius 1 is 1.36 bits per heavy atom. The van der Waals surface area contributed by atoms with Crippen molar-refractivity contribution in [3.8, 4) is 0 Å². The van der Waals surface area contributed by atoms with Gasteiger partial charge in [0, 0.05) is 12.8 Å². The number of nitrogens with one attached hydrogen (secondary N) is 1. The third kappa shape index (κ3) is 2.25. The Hall–Kier alpha value is -1.06. The molecule has 1 aromatic rings. The van der Waals surface area contributed by atoms with Gasteiger partial charge in [0.2, 0.25) is 0 Å². The van der Waals surface area contributed by atoms with Crippen molar-refractivity contribution >= 4 is 5.69 Å². The summed E-state index contributed by atoms with van der Waals surface area (Å²) in [6.07, 6.45) is 0. The smallest absolute Gasteiger partial charge is 0.0728 e. The molecule has 1 heterocycles. The molecule has 0 amide bonds. The SMILES string of the molecule is COCc1ccc(NC2COC2)cc1. The molecular weight excluding hydrogens is 178 g/mol. The van der Waals surface area contributed by atoms with E-state index in [1.807, 2.05) is 0 Å². The van der Waals surface area contributed by atoms with E-state index >= 15 is 0 Å². The molecule has 0 aliphatic carbocycles. The first-order chi connectivity index (χ1) is 6.88. The summed E-state index contributed by atoms with van der Waals surface area (Å²) >= 11 is 0. The van der Waals surface area contributed by atoms with Gasteiger partial charge in [-0.05, 0) is 17.7 Å². The molecular formula is C11H15NO2. The molecule has 1 fully saturated rings. The average Bonchev–Trinajstić information content (AvgIpc) is 2.14. The molecule has 0 unspecified atom stereocenters. The number of hydrogen-bond donors (Lipinski definition) is 1. The molecule has 0 atom stereocenters. The summed E-state index contributed by atoms with van der Waals surface area (Å²) in [4.78, 5) is 0. The minimum Gasteiger partial charge on any atom is -0.380 e. The van der Waals surface area contributed by atoms with E-state index in [0.29, 0.717) is 12.6 Å². The fraction of sp³-hybridized carbons (Fsp3) is 0.455. The second kappa shape index (κ2) is 4.44. The van der Waals surface area contributed by atoms with E-state index in [0.717, 1.165) is 18.9 Å². The molecule has 0 bridgehead atoms. The maximum absolute atomic E-state index is 5.09. The predicted molar refractivity (Wildman–Crippen MR) is 55.4 cm³/mol.